The summed E-state index contributed by atoms with van der Waals surface area (Å²) in [6.45, 7) is 0. The molecule has 0 N–H and O–H groups in total. The van der Waals surface area contributed by atoms with Crippen LogP contribution in [0, 0.1) is 0 Å². The van der Waals surface area contributed by atoms with Crippen molar-refractivity contribution >= 4 is 60.2 Å². The molecular weight excluding hydrogens is 514 g/mol. The molecule has 1 aromatic heterocycles. The van der Waals surface area contributed by atoms with Crippen LogP contribution in [0.5, 0.6) is 0 Å². The smallest absolute Gasteiger partial charge is 0.0519 e. The normalized spacial score (nSPS) is 11.2. The fourth-order valence-corrected chi connectivity index (χ4v) is 6.77. The van der Waals surface area contributed by atoms with Crippen LogP contribution in [0.2, 0.25) is 5.02 Å². The van der Waals surface area contributed by atoms with Crippen LogP contribution in [0.1, 0.15) is 0 Å². The van der Waals surface area contributed by atoms with E-state index in [9.17, 15) is 0 Å². The van der Waals surface area contributed by atoms with Gasteiger partial charge in [0.25, 0.3) is 0 Å². The molecule has 0 bridgehead atoms. The lowest BCUT2D eigenvalue weighted by Crippen LogP contribution is -2.09. The second-order valence-corrected chi connectivity index (χ2v) is 11.1. The van der Waals surface area contributed by atoms with Crippen LogP contribution in [-0.2, 0) is 0 Å². The topological polar surface area (TPSA) is 3.24 Å². The van der Waals surface area contributed by atoms with E-state index in [2.05, 4.69) is 138 Å². The molecule has 0 unspecified atom stereocenters. The lowest BCUT2D eigenvalue weighted by molar-refractivity contribution is 1.29. The Balaban J connectivity index is 1.36. The van der Waals surface area contributed by atoms with Gasteiger partial charge >= 0.3 is 0 Å². The highest BCUT2D eigenvalue weighted by atomic mass is 35.5. The number of fused-ring (bicyclic) bond motifs is 3. The fourth-order valence-electron chi connectivity index (χ4n) is 5.23. The van der Waals surface area contributed by atoms with E-state index in [0.717, 1.165) is 27.5 Å². The summed E-state index contributed by atoms with van der Waals surface area (Å²) in [5.41, 5.74) is 8.00. The number of rotatable bonds is 5. The van der Waals surface area contributed by atoms with Crippen LogP contribution < -0.4 is 4.90 Å². The van der Waals surface area contributed by atoms with Gasteiger partial charge in [-0.1, -0.05) is 115 Å². The molecular formula is C36H24ClNS. The Morgan fingerprint density at radius 3 is 1.49 bits per heavy atom. The van der Waals surface area contributed by atoms with Crippen LogP contribution in [0.25, 0.3) is 42.4 Å². The average Bonchev–Trinajstić information content (AvgIpc) is 3.38. The summed E-state index contributed by atoms with van der Waals surface area (Å²) in [5, 5.41) is 3.10. The Kier molecular flexibility index (Phi) is 6.13. The molecule has 0 radical (unpaired) electrons. The van der Waals surface area contributed by atoms with Gasteiger partial charge in [0.05, 0.1) is 5.02 Å². The maximum atomic E-state index is 6.99. The first kappa shape index (κ1) is 23.7. The van der Waals surface area contributed by atoms with E-state index in [1.807, 2.05) is 12.1 Å². The predicted molar refractivity (Wildman–Crippen MR) is 170 cm³/mol. The molecule has 0 atom stereocenters. The van der Waals surface area contributed by atoms with Gasteiger partial charge in [-0.15, -0.1) is 11.3 Å². The molecule has 39 heavy (non-hydrogen) atoms. The Labute approximate surface area is 237 Å². The number of thiophene rings is 1. The molecule has 0 aliphatic heterocycles. The SMILES string of the molecule is Clc1cc(N(c2ccc(-c3ccccc3)cc2)c2ccc(-c3ccccc3)cc2)cc2sc3ccccc3c12. The van der Waals surface area contributed by atoms with Crippen LogP contribution in [0.3, 0.4) is 0 Å². The summed E-state index contributed by atoms with van der Waals surface area (Å²) in [7, 11) is 0. The third kappa shape index (κ3) is 4.48. The predicted octanol–water partition coefficient (Wildman–Crippen LogP) is 11.5. The molecule has 186 valence electrons. The summed E-state index contributed by atoms with van der Waals surface area (Å²) in [5.74, 6) is 0. The number of nitrogens with zero attached hydrogens (tertiary/aromatic N) is 1. The zero-order valence-electron chi connectivity index (χ0n) is 21.1. The van der Waals surface area contributed by atoms with E-state index in [1.165, 1.54) is 37.0 Å². The molecule has 6 aromatic carbocycles. The quantitative estimate of drug-likeness (QED) is 0.211. The van der Waals surface area contributed by atoms with Crippen molar-refractivity contribution in [2.45, 2.75) is 0 Å². The fraction of sp³-hybridized carbons (Fsp3) is 0. The summed E-state index contributed by atoms with van der Waals surface area (Å²) in [6.07, 6.45) is 0. The highest BCUT2D eigenvalue weighted by Crippen LogP contribution is 2.44. The van der Waals surface area contributed by atoms with Gasteiger partial charge in [-0.3, -0.25) is 0 Å². The van der Waals surface area contributed by atoms with E-state index >= 15 is 0 Å². The molecule has 7 aromatic rings. The number of anilines is 3. The molecule has 3 heteroatoms. The number of halogens is 1. The van der Waals surface area contributed by atoms with Crippen molar-refractivity contribution < 1.29 is 0 Å². The molecule has 0 saturated heterocycles. The second-order valence-electron chi connectivity index (χ2n) is 9.56. The van der Waals surface area contributed by atoms with Crippen molar-refractivity contribution in [3.05, 3.63) is 151 Å². The van der Waals surface area contributed by atoms with Gasteiger partial charge in [-0.2, -0.15) is 0 Å². The van der Waals surface area contributed by atoms with Crippen molar-refractivity contribution in [1.82, 2.24) is 0 Å². The Hall–Kier alpha value is -4.37. The van der Waals surface area contributed by atoms with Crippen molar-refractivity contribution in [2.24, 2.45) is 0 Å². The van der Waals surface area contributed by atoms with Gasteiger partial charge in [0.2, 0.25) is 0 Å². The van der Waals surface area contributed by atoms with Crippen molar-refractivity contribution in [3.8, 4) is 22.3 Å². The lowest BCUT2D eigenvalue weighted by Gasteiger charge is -2.26. The van der Waals surface area contributed by atoms with Crippen LogP contribution in [0.15, 0.2) is 146 Å². The molecule has 0 aliphatic rings. The summed E-state index contributed by atoms with van der Waals surface area (Å²) < 4.78 is 2.43. The average molecular weight is 538 g/mol. The Morgan fingerprint density at radius 1 is 0.436 bits per heavy atom. The minimum atomic E-state index is 0.770. The molecule has 7 rings (SSSR count). The Bertz CT molecular complexity index is 1810. The minimum absolute atomic E-state index is 0.770. The molecule has 0 aliphatic carbocycles. The van der Waals surface area contributed by atoms with Crippen LogP contribution in [0.4, 0.5) is 17.1 Å². The van der Waals surface area contributed by atoms with Gasteiger partial charge in [0, 0.05) is 37.2 Å². The highest BCUT2D eigenvalue weighted by molar-refractivity contribution is 7.26. The third-order valence-electron chi connectivity index (χ3n) is 7.14. The van der Waals surface area contributed by atoms with Gasteiger partial charge in [-0.05, 0) is 64.7 Å². The van der Waals surface area contributed by atoms with Crippen molar-refractivity contribution in [3.63, 3.8) is 0 Å². The van der Waals surface area contributed by atoms with Gasteiger partial charge in [-0.25, -0.2) is 0 Å². The largest absolute Gasteiger partial charge is 0.310 e. The molecule has 0 amide bonds. The molecule has 1 heterocycles. The first-order chi connectivity index (χ1) is 19.2. The zero-order chi connectivity index (χ0) is 26.2. The van der Waals surface area contributed by atoms with Crippen molar-refractivity contribution in [1.29, 1.82) is 0 Å². The van der Waals surface area contributed by atoms with E-state index < -0.39 is 0 Å². The van der Waals surface area contributed by atoms with Gasteiger partial charge in [0.15, 0.2) is 0 Å². The van der Waals surface area contributed by atoms with E-state index in [0.29, 0.717) is 0 Å². The Morgan fingerprint density at radius 2 is 0.923 bits per heavy atom. The molecule has 1 nitrogen and oxygen atoms in total. The zero-order valence-corrected chi connectivity index (χ0v) is 22.7. The lowest BCUT2D eigenvalue weighted by atomic mass is 10.0. The van der Waals surface area contributed by atoms with E-state index in [1.54, 1.807) is 11.3 Å². The maximum absolute atomic E-state index is 6.99. The molecule has 0 spiro atoms. The maximum Gasteiger partial charge on any atom is 0.0519 e. The highest BCUT2D eigenvalue weighted by Gasteiger charge is 2.17. The van der Waals surface area contributed by atoms with E-state index in [4.69, 9.17) is 11.6 Å². The first-order valence-corrected chi connectivity index (χ1v) is 14.2. The van der Waals surface area contributed by atoms with Crippen LogP contribution in [-0.4, -0.2) is 0 Å². The summed E-state index contributed by atoms with van der Waals surface area (Å²) in [6, 6.07) is 51.3. The van der Waals surface area contributed by atoms with Gasteiger partial charge in [0.1, 0.15) is 0 Å². The number of hydrogen-bond acceptors (Lipinski definition) is 2. The van der Waals surface area contributed by atoms with Crippen molar-refractivity contribution in [2.75, 3.05) is 4.90 Å². The minimum Gasteiger partial charge on any atom is -0.310 e. The summed E-state index contributed by atoms with van der Waals surface area (Å²) in [4.78, 5) is 2.29. The first-order valence-electron chi connectivity index (χ1n) is 13.0. The summed E-state index contributed by atoms with van der Waals surface area (Å²) >= 11 is 8.78. The number of hydrogen-bond donors (Lipinski definition) is 0. The number of benzene rings is 6. The van der Waals surface area contributed by atoms with E-state index in [-0.39, 0.29) is 0 Å². The second kappa shape index (κ2) is 10.1. The van der Waals surface area contributed by atoms with Crippen LogP contribution >= 0.6 is 22.9 Å². The molecule has 0 fully saturated rings. The standard InChI is InChI=1S/C36H24ClNS/c37-33-23-31(24-35-36(33)32-13-7-8-14-34(32)39-35)38(29-19-15-27(16-20-29)25-9-3-1-4-10-25)30-21-17-28(18-22-30)26-11-5-2-6-12-26/h1-24H. The molecule has 0 saturated carbocycles. The van der Waals surface area contributed by atoms with Gasteiger partial charge < -0.3 is 4.90 Å². The monoisotopic (exact) mass is 537 g/mol. The third-order valence-corrected chi connectivity index (χ3v) is 8.55.